The fourth-order valence-corrected chi connectivity index (χ4v) is 3.59. The second-order valence-electron chi connectivity index (χ2n) is 8.53. The van der Waals surface area contributed by atoms with Crippen molar-refractivity contribution in [3.8, 4) is 0 Å². The summed E-state index contributed by atoms with van der Waals surface area (Å²) in [6.07, 6.45) is 24.5. The summed E-state index contributed by atoms with van der Waals surface area (Å²) in [5, 5.41) is 19.2. The number of hydrogen-bond donors (Lipinski definition) is 2. The van der Waals surface area contributed by atoms with E-state index in [0.717, 1.165) is 13.0 Å². The van der Waals surface area contributed by atoms with Gasteiger partial charge in [-0.2, -0.15) is 0 Å². The topological polar surface area (TPSA) is 62.2 Å². The largest absolute Gasteiger partial charge is 0.396 e. The number of aliphatic hydroxyl groups is 2. The molecule has 5 heteroatoms. The molecule has 0 saturated heterocycles. The zero-order valence-electron chi connectivity index (χ0n) is 20.1. The molecule has 0 amide bonds. The Morgan fingerprint density at radius 2 is 0.800 bits per heavy atom. The van der Waals surface area contributed by atoms with Gasteiger partial charge < -0.3 is 10.2 Å². The van der Waals surface area contributed by atoms with Crippen molar-refractivity contribution in [1.82, 2.24) is 5.23 Å². The van der Waals surface area contributed by atoms with Crippen LogP contribution in [0.15, 0.2) is 0 Å². The summed E-state index contributed by atoms with van der Waals surface area (Å²) in [6, 6.07) is 0. The van der Waals surface area contributed by atoms with Crippen molar-refractivity contribution in [2.24, 2.45) is 0 Å². The standard InChI is InChI=1S/C25H53NO4/c1-2-3-4-5-6-7-8-9-10-11-12-13-14-15-16-17-18-21-26(29-24-19-22-27)30-25-20-23-28/h27-28H,2-25H2,1H3. The first-order valence-electron chi connectivity index (χ1n) is 13.1. The summed E-state index contributed by atoms with van der Waals surface area (Å²) >= 11 is 0. The average molecular weight is 432 g/mol. The molecule has 0 unspecified atom stereocenters. The van der Waals surface area contributed by atoms with Gasteiger partial charge in [0.1, 0.15) is 0 Å². The number of nitrogens with zero attached hydrogens (tertiary/aromatic N) is 1. The molecule has 182 valence electrons. The van der Waals surface area contributed by atoms with Crippen molar-refractivity contribution in [2.45, 2.75) is 129 Å². The molecule has 0 aliphatic rings. The predicted molar refractivity (Wildman–Crippen MR) is 126 cm³/mol. The fraction of sp³-hybridized carbons (Fsp3) is 1.00. The van der Waals surface area contributed by atoms with Gasteiger partial charge in [0.25, 0.3) is 0 Å². The summed E-state index contributed by atoms with van der Waals surface area (Å²) in [4.78, 5) is 11.1. The Kier molecular flexibility index (Phi) is 26.7. The summed E-state index contributed by atoms with van der Waals surface area (Å²) in [6.45, 7) is 4.22. The third kappa shape index (κ3) is 24.1. The van der Waals surface area contributed by atoms with Gasteiger partial charge in [-0.1, -0.05) is 115 Å². The molecular weight excluding hydrogens is 378 g/mol. The van der Waals surface area contributed by atoms with Crippen molar-refractivity contribution in [3.05, 3.63) is 0 Å². The van der Waals surface area contributed by atoms with Gasteiger partial charge in [-0.15, -0.1) is 0 Å². The Hall–Kier alpha value is -0.200. The zero-order chi connectivity index (χ0) is 22.0. The van der Waals surface area contributed by atoms with E-state index >= 15 is 0 Å². The molecule has 0 aromatic rings. The molecule has 0 aromatic heterocycles. The van der Waals surface area contributed by atoms with Crippen molar-refractivity contribution in [1.29, 1.82) is 0 Å². The molecule has 2 N–H and O–H groups in total. The van der Waals surface area contributed by atoms with Gasteiger partial charge in [-0.25, -0.2) is 0 Å². The Labute approximate surface area is 187 Å². The molecule has 0 radical (unpaired) electrons. The van der Waals surface area contributed by atoms with Gasteiger partial charge in [-0.05, 0) is 19.3 Å². The predicted octanol–water partition coefficient (Wildman–Crippen LogP) is 6.57. The van der Waals surface area contributed by atoms with E-state index in [1.165, 1.54) is 108 Å². The van der Waals surface area contributed by atoms with Crippen LogP contribution in [0.2, 0.25) is 0 Å². The number of hydroxylamine groups is 2. The third-order valence-electron chi connectivity index (χ3n) is 5.52. The second kappa shape index (κ2) is 26.8. The molecule has 0 aliphatic carbocycles. The van der Waals surface area contributed by atoms with Gasteiger partial charge in [-0.3, -0.25) is 9.68 Å². The van der Waals surface area contributed by atoms with Crippen molar-refractivity contribution >= 4 is 0 Å². The third-order valence-corrected chi connectivity index (χ3v) is 5.52. The SMILES string of the molecule is CCCCCCCCCCCCCCCCCCCN(OCCCO)OCCCO. The molecule has 0 spiro atoms. The summed E-state index contributed by atoms with van der Waals surface area (Å²) < 4.78 is 0. The van der Waals surface area contributed by atoms with Crippen LogP contribution in [0.3, 0.4) is 0 Å². The highest BCUT2D eigenvalue weighted by molar-refractivity contribution is 4.50. The molecule has 0 fully saturated rings. The molecule has 0 aliphatic heterocycles. The van der Waals surface area contributed by atoms with Gasteiger partial charge in [0, 0.05) is 13.2 Å². The van der Waals surface area contributed by atoms with Gasteiger partial charge in [0.05, 0.1) is 19.8 Å². The first-order valence-corrected chi connectivity index (χ1v) is 13.1. The first-order chi connectivity index (χ1) is 14.8. The normalized spacial score (nSPS) is 11.6. The van der Waals surface area contributed by atoms with Crippen LogP contribution in [-0.2, 0) is 9.68 Å². The van der Waals surface area contributed by atoms with Crippen LogP contribution >= 0.6 is 0 Å². The van der Waals surface area contributed by atoms with Crippen LogP contribution in [0.4, 0.5) is 0 Å². The minimum Gasteiger partial charge on any atom is -0.396 e. The first kappa shape index (κ1) is 29.8. The van der Waals surface area contributed by atoms with Crippen molar-refractivity contribution in [2.75, 3.05) is 33.0 Å². The molecular formula is C25H53NO4. The van der Waals surface area contributed by atoms with Crippen LogP contribution < -0.4 is 0 Å². The van der Waals surface area contributed by atoms with Crippen LogP contribution in [-0.4, -0.2) is 48.4 Å². The highest BCUT2D eigenvalue weighted by atomic mass is 16.9. The number of rotatable bonds is 26. The van der Waals surface area contributed by atoms with E-state index in [4.69, 9.17) is 19.9 Å². The lowest BCUT2D eigenvalue weighted by molar-refractivity contribution is -0.369. The van der Waals surface area contributed by atoms with Gasteiger partial charge in [0.2, 0.25) is 0 Å². The van der Waals surface area contributed by atoms with Gasteiger partial charge >= 0.3 is 0 Å². The van der Waals surface area contributed by atoms with Gasteiger partial charge in [0.15, 0.2) is 0 Å². The van der Waals surface area contributed by atoms with E-state index in [1.54, 1.807) is 0 Å². The van der Waals surface area contributed by atoms with Crippen molar-refractivity contribution in [3.63, 3.8) is 0 Å². The van der Waals surface area contributed by atoms with Crippen LogP contribution in [0.1, 0.15) is 129 Å². The summed E-state index contributed by atoms with van der Waals surface area (Å²) in [7, 11) is 0. The number of aliphatic hydroxyl groups excluding tert-OH is 2. The molecule has 0 saturated carbocycles. The molecule has 0 atom stereocenters. The Balaban J connectivity index is 3.34. The van der Waals surface area contributed by atoms with Crippen LogP contribution in [0, 0.1) is 0 Å². The lowest BCUT2D eigenvalue weighted by Crippen LogP contribution is -2.27. The Morgan fingerprint density at radius 1 is 0.467 bits per heavy atom. The van der Waals surface area contributed by atoms with E-state index in [0.29, 0.717) is 26.1 Å². The number of hydrogen-bond acceptors (Lipinski definition) is 5. The maximum atomic E-state index is 8.85. The maximum Gasteiger partial charge on any atom is 0.0733 e. The molecule has 30 heavy (non-hydrogen) atoms. The van der Waals surface area contributed by atoms with E-state index in [2.05, 4.69) is 6.92 Å². The van der Waals surface area contributed by atoms with Crippen molar-refractivity contribution < 1.29 is 19.9 Å². The van der Waals surface area contributed by atoms with E-state index in [9.17, 15) is 0 Å². The smallest absolute Gasteiger partial charge is 0.0733 e. The average Bonchev–Trinajstić information content (AvgIpc) is 2.75. The van der Waals surface area contributed by atoms with E-state index < -0.39 is 0 Å². The minimum atomic E-state index is 0.129. The van der Waals surface area contributed by atoms with Crippen LogP contribution in [0.5, 0.6) is 0 Å². The van der Waals surface area contributed by atoms with E-state index in [1.807, 2.05) is 0 Å². The highest BCUT2D eigenvalue weighted by Crippen LogP contribution is 2.14. The quantitative estimate of drug-likeness (QED) is 0.120. The molecule has 0 heterocycles. The minimum absolute atomic E-state index is 0.129. The Bertz CT molecular complexity index is 295. The highest BCUT2D eigenvalue weighted by Gasteiger charge is 2.06. The lowest BCUT2D eigenvalue weighted by atomic mass is 10.0. The molecule has 5 nitrogen and oxygen atoms in total. The maximum absolute atomic E-state index is 8.85. The second-order valence-corrected chi connectivity index (χ2v) is 8.53. The lowest BCUT2D eigenvalue weighted by Gasteiger charge is -2.20. The summed E-state index contributed by atoms with van der Waals surface area (Å²) in [5.41, 5.74) is 0. The molecule has 0 bridgehead atoms. The van der Waals surface area contributed by atoms with Crippen LogP contribution in [0.25, 0.3) is 0 Å². The molecule has 0 rings (SSSR count). The fourth-order valence-electron chi connectivity index (χ4n) is 3.59. The van der Waals surface area contributed by atoms with E-state index in [-0.39, 0.29) is 13.2 Å². The number of unbranched alkanes of at least 4 members (excludes halogenated alkanes) is 16. The zero-order valence-corrected chi connectivity index (χ0v) is 20.1. The summed E-state index contributed by atoms with van der Waals surface area (Å²) in [5.74, 6) is 0. The Morgan fingerprint density at radius 3 is 1.13 bits per heavy atom. The molecule has 0 aromatic carbocycles. The monoisotopic (exact) mass is 431 g/mol.